The van der Waals surface area contributed by atoms with Crippen LogP contribution in [-0.2, 0) is 10.0 Å². The van der Waals surface area contributed by atoms with Crippen LogP contribution in [0.3, 0.4) is 0 Å². The highest BCUT2D eigenvalue weighted by Crippen LogP contribution is 2.19. The number of benzene rings is 1. The molecule has 4 nitrogen and oxygen atoms in total. The van der Waals surface area contributed by atoms with E-state index < -0.39 is 10.0 Å². The molecule has 0 spiro atoms. The zero-order valence-electron chi connectivity index (χ0n) is 10.6. The van der Waals surface area contributed by atoms with Crippen molar-refractivity contribution in [1.82, 2.24) is 10.0 Å². The summed E-state index contributed by atoms with van der Waals surface area (Å²) in [5.41, 5.74) is 0.611. The highest BCUT2D eigenvalue weighted by molar-refractivity contribution is 7.88. The summed E-state index contributed by atoms with van der Waals surface area (Å²) in [5.74, 6) is -0.243. The van der Waals surface area contributed by atoms with Gasteiger partial charge >= 0.3 is 0 Å². The predicted molar refractivity (Wildman–Crippen MR) is 70.3 cm³/mol. The van der Waals surface area contributed by atoms with Gasteiger partial charge in [0.2, 0.25) is 10.0 Å². The molecule has 1 atom stereocenters. The number of nitrogens with one attached hydrogen (secondary N) is 2. The van der Waals surface area contributed by atoms with Crippen molar-refractivity contribution in [2.24, 2.45) is 0 Å². The molecular formula is C12H19FN2O2S. The maximum Gasteiger partial charge on any atom is 0.208 e. The van der Waals surface area contributed by atoms with E-state index in [1.54, 1.807) is 18.2 Å². The van der Waals surface area contributed by atoms with Gasteiger partial charge in [-0.15, -0.1) is 0 Å². The average molecular weight is 274 g/mol. The Morgan fingerprint density at radius 2 is 1.94 bits per heavy atom. The van der Waals surface area contributed by atoms with E-state index in [4.69, 9.17) is 0 Å². The van der Waals surface area contributed by atoms with Gasteiger partial charge in [0.15, 0.2) is 0 Å². The molecule has 0 fully saturated rings. The van der Waals surface area contributed by atoms with E-state index in [9.17, 15) is 12.8 Å². The lowest BCUT2D eigenvalue weighted by atomic mass is 10.0. The van der Waals surface area contributed by atoms with E-state index in [0.29, 0.717) is 18.7 Å². The summed E-state index contributed by atoms with van der Waals surface area (Å²) in [4.78, 5) is 0. The topological polar surface area (TPSA) is 58.2 Å². The largest absolute Gasteiger partial charge is 0.309 e. The Morgan fingerprint density at radius 3 is 2.50 bits per heavy atom. The molecule has 1 aromatic carbocycles. The normalized spacial score (nSPS) is 13.5. The number of halogens is 1. The molecule has 0 aliphatic rings. The molecule has 1 aromatic rings. The van der Waals surface area contributed by atoms with Crippen molar-refractivity contribution in [2.75, 3.05) is 19.3 Å². The SMILES string of the molecule is CCC(NCCNS(C)(=O)=O)c1ccccc1F. The van der Waals surface area contributed by atoms with E-state index >= 15 is 0 Å². The predicted octanol–water partition coefficient (Wildman–Crippen LogP) is 1.42. The Labute approximate surface area is 108 Å². The van der Waals surface area contributed by atoms with Crippen LogP contribution in [0.25, 0.3) is 0 Å². The van der Waals surface area contributed by atoms with E-state index in [2.05, 4.69) is 10.0 Å². The number of rotatable bonds is 7. The van der Waals surface area contributed by atoms with E-state index in [1.165, 1.54) is 6.07 Å². The van der Waals surface area contributed by atoms with Crippen molar-refractivity contribution in [3.8, 4) is 0 Å². The molecule has 102 valence electrons. The van der Waals surface area contributed by atoms with Gasteiger partial charge in [0.05, 0.1) is 6.26 Å². The quantitative estimate of drug-likeness (QED) is 0.739. The summed E-state index contributed by atoms with van der Waals surface area (Å²) in [7, 11) is -3.17. The molecule has 0 aliphatic carbocycles. The fourth-order valence-corrected chi connectivity index (χ4v) is 2.19. The van der Waals surface area contributed by atoms with Gasteiger partial charge in [0, 0.05) is 24.7 Å². The molecule has 1 rings (SSSR count). The molecule has 6 heteroatoms. The highest BCUT2D eigenvalue weighted by Gasteiger charge is 2.12. The molecule has 0 saturated carbocycles. The fourth-order valence-electron chi connectivity index (χ4n) is 1.71. The number of hydrogen-bond acceptors (Lipinski definition) is 3. The Hall–Kier alpha value is -0.980. The van der Waals surface area contributed by atoms with Gasteiger partial charge in [-0.1, -0.05) is 25.1 Å². The van der Waals surface area contributed by atoms with Gasteiger partial charge < -0.3 is 5.32 Å². The molecule has 0 aliphatic heterocycles. The van der Waals surface area contributed by atoms with Crippen molar-refractivity contribution in [1.29, 1.82) is 0 Å². The zero-order chi connectivity index (χ0) is 13.6. The van der Waals surface area contributed by atoms with Crippen LogP contribution in [0.5, 0.6) is 0 Å². The minimum absolute atomic E-state index is 0.104. The lowest BCUT2D eigenvalue weighted by molar-refractivity contribution is 0.488. The van der Waals surface area contributed by atoms with E-state index in [1.807, 2.05) is 6.92 Å². The van der Waals surface area contributed by atoms with E-state index in [-0.39, 0.29) is 11.9 Å². The van der Waals surface area contributed by atoms with Gasteiger partial charge in [-0.05, 0) is 12.5 Å². The maximum atomic E-state index is 13.6. The van der Waals surface area contributed by atoms with Crippen molar-refractivity contribution in [3.05, 3.63) is 35.6 Å². The summed E-state index contributed by atoms with van der Waals surface area (Å²) < 4.78 is 37.7. The van der Waals surface area contributed by atoms with Crippen LogP contribution in [0.1, 0.15) is 24.9 Å². The zero-order valence-corrected chi connectivity index (χ0v) is 11.4. The van der Waals surface area contributed by atoms with Crippen LogP contribution in [0.2, 0.25) is 0 Å². The molecule has 2 N–H and O–H groups in total. The van der Waals surface area contributed by atoms with Crippen molar-refractivity contribution in [3.63, 3.8) is 0 Å². The van der Waals surface area contributed by atoms with Crippen molar-refractivity contribution >= 4 is 10.0 Å². The van der Waals surface area contributed by atoms with Crippen LogP contribution in [0, 0.1) is 5.82 Å². The summed E-state index contributed by atoms with van der Waals surface area (Å²) in [6.45, 7) is 2.71. The Morgan fingerprint density at radius 1 is 1.28 bits per heavy atom. The summed E-state index contributed by atoms with van der Waals surface area (Å²) in [6, 6.07) is 6.50. The average Bonchev–Trinajstić information content (AvgIpc) is 2.29. The Balaban J connectivity index is 2.51. The fraction of sp³-hybridized carbons (Fsp3) is 0.500. The number of sulfonamides is 1. The van der Waals surface area contributed by atoms with Gasteiger partial charge in [-0.25, -0.2) is 17.5 Å². The summed E-state index contributed by atoms with van der Waals surface area (Å²) in [6.07, 6.45) is 1.85. The lowest BCUT2D eigenvalue weighted by Crippen LogP contribution is -2.33. The van der Waals surface area contributed by atoms with Gasteiger partial charge in [0.25, 0.3) is 0 Å². The molecule has 1 unspecified atom stereocenters. The number of hydrogen-bond donors (Lipinski definition) is 2. The van der Waals surface area contributed by atoms with Crippen LogP contribution in [-0.4, -0.2) is 27.8 Å². The summed E-state index contributed by atoms with van der Waals surface area (Å²) in [5, 5.41) is 3.13. The van der Waals surface area contributed by atoms with Gasteiger partial charge in [-0.2, -0.15) is 0 Å². The monoisotopic (exact) mass is 274 g/mol. The van der Waals surface area contributed by atoms with Gasteiger partial charge in [0.1, 0.15) is 5.82 Å². The molecule has 0 aromatic heterocycles. The minimum Gasteiger partial charge on any atom is -0.309 e. The third-order valence-electron chi connectivity index (χ3n) is 2.57. The van der Waals surface area contributed by atoms with E-state index in [0.717, 1.165) is 12.7 Å². The molecule has 0 bridgehead atoms. The summed E-state index contributed by atoms with van der Waals surface area (Å²) >= 11 is 0. The smallest absolute Gasteiger partial charge is 0.208 e. The first-order chi connectivity index (χ1) is 8.44. The first-order valence-electron chi connectivity index (χ1n) is 5.86. The molecular weight excluding hydrogens is 255 g/mol. The molecule has 0 heterocycles. The molecule has 0 amide bonds. The molecule has 18 heavy (non-hydrogen) atoms. The maximum absolute atomic E-state index is 13.6. The first kappa shape index (κ1) is 15.1. The third kappa shape index (κ3) is 5.12. The lowest BCUT2D eigenvalue weighted by Gasteiger charge is -2.18. The van der Waals surface area contributed by atoms with Crippen LogP contribution in [0.4, 0.5) is 4.39 Å². The van der Waals surface area contributed by atoms with Gasteiger partial charge in [-0.3, -0.25) is 0 Å². The van der Waals surface area contributed by atoms with Crippen LogP contribution < -0.4 is 10.0 Å². The Kier molecular flexibility index (Phi) is 5.71. The third-order valence-corrected chi connectivity index (χ3v) is 3.30. The van der Waals surface area contributed by atoms with Crippen LogP contribution >= 0.6 is 0 Å². The second-order valence-electron chi connectivity index (χ2n) is 4.10. The minimum atomic E-state index is -3.17. The Bertz CT molecular complexity index is 477. The molecule has 0 radical (unpaired) electrons. The standard InChI is InChI=1S/C12H19FN2O2S/c1-3-12(10-6-4-5-7-11(10)13)14-8-9-15-18(2,16)17/h4-7,12,14-15H,3,8-9H2,1-2H3. The first-order valence-corrected chi connectivity index (χ1v) is 7.75. The molecule has 0 saturated heterocycles. The second-order valence-corrected chi connectivity index (χ2v) is 5.94. The van der Waals surface area contributed by atoms with Crippen molar-refractivity contribution < 1.29 is 12.8 Å². The van der Waals surface area contributed by atoms with Crippen LogP contribution in [0.15, 0.2) is 24.3 Å². The van der Waals surface area contributed by atoms with Crippen molar-refractivity contribution in [2.45, 2.75) is 19.4 Å². The second kappa shape index (κ2) is 6.82. The highest BCUT2D eigenvalue weighted by atomic mass is 32.2.